The Morgan fingerprint density at radius 2 is 1.86 bits per heavy atom. The van der Waals surface area contributed by atoms with Crippen molar-refractivity contribution in [3.05, 3.63) is 82.7 Å². The number of nitrogens with zero attached hydrogens (tertiary/aromatic N) is 3. The first-order valence-electron chi connectivity index (χ1n) is 11.9. The molecule has 0 atom stereocenters. The Bertz CT molecular complexity index is 1340. The Morgan fingerprint density at radius 1 is 1.11 bits per heavy atom. The second-order valence-electron chi connectivity index (χ2n) is 9.04. The summed E-state index contributed by atoms with van der Waals surface area (Å²) in [5, 5.41) is 4.84. The predicted octanol–water partition coefficient (Wildman–Crippen LogP) is 5.41. The normalized spacial score (nSPS) is 12.8. The molecular formula is C28H28N4O3S. The van der Waals surface area contributed by atoms with Gasteiger partial charge in [0.15, 0.2) is 0 Å². The van der Waals surface area contributed by atoms with Gasteiger partial charge in [0.2, 0.25) is 11.9 Å². The fourth-order valence-electron chi connectivity index (χ4n) is 4.00. The average molecular weight is 501 g/mol. The number of anilines is 1. The number of nitrogens with one attached hydrogen (secondary N) is 1. The van der Waals surface area contributed by atoms with E-state index in [1.54, 1.807) is 18.1 Å². The molecule has 1 fully saturated rings. The Morgan fingerprint density at radius 3 is 2.50 bits per heavy atom. The minimum atomic E-state index is -0.277. The molecule has 2 aromatic heterocycles. The van der Waals surface area contributed by atoms with Gasteiger partial charge in [0.05, 0.1) is 17.7 Å². The minimum Gasteiger partial charge on any atom is -0.497 e. The van der Waals surface area contributed by atoms with Crippen molar-refractivity contribution < 1.29 is 14.3 Å². The molecule has 0 unspecified atom stereocenters. The quantitative estimate of drug-likeness (QED) is 0.333. The van der Waals surface area contributed by atoms with Crippen LogP contribution in [0.5, 0.6) is 5.75 Å². The molecule has 2 amide bonds. The number of ether oxygens (including phenoxy) is 1. The van der Waals surface area contributed by atoms with Gasteiger partial charge in [0, 0.05) is 24.0 Å². The van der Waals surface area contributed by atoms with E-state index >= 15 is 0 Å². The number of benzene rings is 2. The third kappa shape index (κ3) is 5.49. The minimum absolute atomic E-state index is 0.0220. The second-order valence-corrected chi connectivity index (χ2v) is 9.99. The lowest BCUT2D eigenvalue weighted by Crippen LogP contribution is -2.39. The van der Waals surface area contributed by atoms with E-state index in [1.807, 2.05) is 77.7 Å². The molecule has 0 bridgehead atoms. The highest BCUT2D eigenvalue weighted by Gasteiger charge is 2.29. The van der Waals surface area contributed by atoms with Crippen molar-refractivity contribution in [3.8, 4) is 22.7 Å². The SMILES string of the molecule is COc1ccc(-c2cn(-c3ccc(C)cc3)c(NC(=O)CN(CC3CC3)C(=O)c3cccs3)n2)cc1. The molecule has 1 aliphatic rings. The van der Waals surface area contributed by atoms with Crippen LogP contribution >= 0.6 is 11.3 Å². The molecule has 36 heavy (non-hydrogen) atoms. The van der Waals surface area contributed by atoms with Gasteiger partial charge in [-0.05, 0) is 73.5 Å². The van der Waals surface area contributed by atoms with Crippen molar-refractivity contribution in [2.75, 3.05) is 25.5 Å². The van der Waals surface area contributed by atoms with Crippen LogP contribution in [0.1, 0.15) is 28.1 Å². The standard InChI is InChI=1S/C28H28N4O3S/c1-19-5-11-22(12-6-19)32-17-24(21-9-13-23(35-2)14-10-21)29-28(32)30-26(33)18-31(16-20-7-8-20)27(34)25-4-3-15-36-25/h3-6,9-15,17,20H,7-8,16,18H2,1-2H3,(H,29,30,33). The van der Waals surface area contributed by atoms with Crippen molar-refractivity contribution in [1.29, 1.82) is 0 Å². The summed E-state index contributed by atoms with van der Waals surface area (Å²) in [7, 11) is 1.63. The first-order chi connectivity index (χ1) is 17.5. The molecular weight excluding hydrogens is 472 g/mol. The number of hydrogen-bond acceptors (Lipinski definition) is 5. The Hall–Kier alpha value is -3.91. The third-order valence-electron chi connectivity index (χ3n) is 6.18. The van der Waals surface area contributed by atoms with E-state index in [0.29, 0.717) is 23.3 Å². The lowest BCUT2D eigenvalue weighted by molar-refractivity contribution is -0.117. The van der Waals surface area contributed by atoms with Gasteiger partial charge in [-0.3, -0.25) is 19.5 Å². The summed E-state index contributed by atoms with van der Waals surface area (Å²) in [6, 6.07) is 19.3. The van der Waals surface area contributed by atoms with Gasteiger partial charge < -0.3 is 9.64 Å². The van der Waals surface area contributed by atoms with Gasteiger partial charge in [-0.25, -0.2) is 4.98 Å². The van der Waals surface area contributed by atoms with E-state index in [2.05, 4.69) is 5.32 Å². The molecule has 184 valence electrons. The lowest BCUT2D eigenvalue weighted by atomic mass is 10.1. The number of rotatable bonds is 9. The van der Waals surface area contributed by atoms with E-state index in [-0.39, 0.29) is 18.4 Å². The Balaban J connectivity index is 1.41. The number of carbonyl (C=O) groups is 2. The number of aromatic nitrogens is 2. The number of imidazole rings is 1. The van der Waals surface area contributed by atoms with Crippen LogP contribution in [-0.4, -0.2) is 46.5 Å². The van der Waals surface area contributed by atoms with Crippen LogP contribution in [0.25, 0.3) is 16.9 Å². The number of hydrogen-bond donors (Lipinski definition) is 1. The number of methoxy groups -OCH3 is 1. The summed E-state index contributed by atoms with van der Waals surface area (Å²) in [4.78, 5) is 33.3. The van der Waals surface area contributed by atoms with E-state index in [9.17, 15) is 9.59 Å². The molecule has 1 aliphatic carbocycles. The summed E-state index contributed by atoms with van der Waals surface area (Å²) < 4.78 is 7.13. The van der Waals surface area contributed by atoms with E-state index < -0.39 is 0 Å². The van der Waals surface area contributed by atoms with Crippen LogP contribution in [-0.2, 0) is 4.79 Å². The van der Waals surface area contributed by atoms with E-state index in [1.165, 1.54) is 11.3 Å². The molecule has 1 saturated carbocycles. The van der Waals surface area contributed by atoms with Crippen LogP contribution in [0, 0.1) is 12.8 Å². The largest absolute Gasteiger partial charge is 0.497 e. The highest BCUT2D eigenvalue weighted by Crippen LogP contribution is 2.31. The first kappa shape index (κ1) is 23.8. The lowest BCUT2D eigenvalue weighted by Gasteiger charge is -2.21. The molecule has 0 radical (unpaired) electrons. The zero-order chi connectivity index (χ0) is 25.1. The molecule has 5 rings (SSSR count). The summed E-state index contributed by atoms with van der Waals surface area (Å²) in [6.07, 6.45) is 4.10. The maximum Gasteiger partial charge on any atom is 0.264 e. The summed E-state index contributed by atoms with van der Waals surface area (Å²) in [5.74, 6) is 1.26. The summed E-state index contributed by atoms with van der Waals surface area (Å²) >= 11 is 1.39. The number of amides is 2. The van der Waals surface area contributed by atoms with E-state index in [0.717, 1.165) is 41.1 Å². The molecule has 4 aromatic rings. The second kappa shape index (κ2) is 10.4. The monoisotopic (exact) mass is 500 g/mol. The third-order valence-corrected chi connectivity index (χ3v) is 7.04. The molecule has 1 N–H and O–H groups in total. The highest BCUT2D eigenvalue weighted by atomic mass is 32.1. The van der Waals surface area contributed by atoms with Crippen molar-refractivity contribution in [2.24, 2.45) is 5.92 Å². The van der Waals surface area contributed by atoms with Crippen molar-refractivity contribution in [3.63, 3.8) is 0 Å². The summed E-state index contributed by atoms with van der Waals surface area (Å²) in [5.41, 5.74) is 3.65. The fraction of sp³-hybridized carbons (Fsp3) is 0.250. The van der Waals surface area contributed by atoms with Crippen LogP contribution in [0.15, 0.2) is 72.2 Å². The topological polar surface area (TPSA) is 76.5 Å². The maximum absolute atomic E-state index is 13.2. The van der Waals surface area contributed by atoms with E-state index in [4.69, 9.17) is 9.72 Å². The molecule has 2 aromatic carbocycles. The van der Waals surface area contributed by atoms with Gasteiger partial charge in [0.25, 0.3) is 5.91 Å². The zero-order valence-corrected chi connectivity index (χ0v) is 21.1. The number of aryl methyl sites for hydroxylation is 1. The van der Waals surface area contributed by atoms with Crippen LogP contribution < -0.4 is 10.1 Å². The molecule has 0 spiro atoms. The maximum atomic E-state index is 13.2. The molecule has 8 heteroatoms. The number of carbonyl (C=O) groups excluding carboxylic acids is 2. The average Bonchev–Trinajstić information content (AvgIpc) is 3.36. The molecule has 2 heterocycles. The first-order valence-corrected chi connectivity index (χ1v) is 12.8. The van der Waals surface area contributed by atoms with Gasteiger partial charge in [-0.1, -0.05) is 23.8 Å². The molecule has 0 saturated heterocycles. The Labute approximate surface area is 214 Å². The van der Waals surface area contributed by atoms with Crippen LogP contribution in [0.3, 0.4) is 0 Å². The van der Waals surface area contributed by atoms with Gasteiger partial charge in [0.1, 0.15) is 12.3 Å². The van der Waals surface area contributed by atoms with Crippen molar-refractivity contribution in [2.45, 2.75) is 19.8 Å². The van der Waals surface area contributed by atoms with Gasteiger partial charge in [-0.2, -0.15) is 0 Å². The van der Waals surface area contributed by atoms with Gasteiger partial charge >= 0.3 is 0 Å². The highest BCUT2D eigenvalue weighted by molar-refractivity contribution is 7.12. The van der Waals surface area contributed by atoms with Crippen LogP contribution in [0.2, 0.25) is 0 Å². The van der Waals surface area contributed by atoms with Gasteiger partial charge in [-0.15, -0.1) is 11.3 Å². The fourth-order valence-corrected chi connectivity index (χ4v) is 4.69. The zero-order valence-electron chi connectivity index (χ0n) is 20.3. The summed E-state index contributed by atoms with van der Waals surface area (Å²) in [6.45, 7) is 2.60. The number of thiophene rings is 1. The smallest absolute Gasteiger partial charge is 0.264 e. The van der Waals surface area contributed by atoms with Crippen molar-refractivity contribution in [1.82, 2.24) is 14.5 Å². The predicted molar refractivity (Wildman–Crippen MR) is 142 cm³/mol. The molecule has 7 nitrogen and oxygen atoms in total. The van der Waals surface area contributed by atoms with Crippen molar-refractivity contribution >= 4 is 29.1 Å². The van der Waals surface area contributed by atoms with Crippen LogP contribution in [0.4, 0.5) is 5.95 Å². The molecule has 0 aliphatic heterocycles. The Kier molecular flexibility index (Phi) is 6.86.